The van der Waals surface area contributed by atoms with Crippen molar-refractivity contribution in [3.8, 4) is 0 Å². The predicted molar refractivity (Wildman–Crippen MR) is 364 cm³/mol. The van der Waals surface area contributed by atoms with Crippen molar-refractivity contribution in [3.63, 3.8) is 0 Å². The van der Waals surface area contributed by atoms with Gasteiger partial charge in [-0.3, -0.25) is 52.7 Å². The average Bonchev–Trinajstić information content (AvgIpc) is 1.01. The van der Waals surface area contributed by atoms with E-state index >= 15 is 0 Å². The summed E-state index contributed by atoms with van der Waals surface area (Å²) in [6, 6.07) is -12.3. The summed E-state index contributed by atoms with van der Waals surface area (Å²) in [6.45, 7) is 27.5. The van der Waals surface area contributed by atoms with E-state index in [9.17, 15) is 52.7 Å². The second-order valence-electron chi connectivity index (χ2n) is 28.2. The van der Waals surface area contributed by atoms with Crippen LogP contribution in [0.5, 0.6) is 0 Å². The second kappa shape index (κ2) is 47.8. The molecule has 27 nitrogen and oxygen atoms in total. The largest absolute Gasteiger partial charge is 0.368 e. The Morgan fingerprint density at radius 2 is 0.398 bits per heavy atom. The maximum absolute atomic E-state index is 14.6. The summed E-state index contributed by atoms with van der Waals surface area (Å²) in [5.41, 5.74) is 34.9. The third-order valence-corrected chi connectivity index (χ3v) is 15.5. The van der Waals surface area contributed by atoms with E-state index in [1.165, 1.54) is 0 Å². The molecule has 27 heteroatoms. The van der Waals surface area contributed by atoms with Gasteiger partial charge in [0.05, 0.1) is 6.04 Å². The molecule has 0 aliphatic rings. The Hall–Kier alpha value is -6.03. The van der Waals surface area contributed by atoms with Gasteiger partial charge in [0, 0.05) is 0 Å². The van der Waals surface area contributed by atoms with E-state index in [0.717, 1.165) is 0 Å². The highest BCUT2D eigenvalue weighted by atomic mass is 16.2. The Labute approximate surface area is 556 Å². The summed E-state index contributed by atoms with van der Waals surface area (Å²) in [5.74, 6) is -7.99. The van der Waals surface area contributed by atoms with Crippen LogP contribution in [0, 0.1) is 41.4 Å². The summed E-state index contributed by atoms with van der Waals surface area (Å²) < 4.78 is 0. The number of nitrogens with two attached hydrogens (primary N) is 6. The van der Waals surface area contributed by atoms with E-state index in [1.54, 1.807) is 0 Å². The van der Waals surface area contributed by atoms with Crippen molar-refractivity contribution in [3.05, 3.63) is 0 Å². The molecule has 0 spiro atoms. The smallest absolute Gasteiger partial charge is 0.243 e. The predicted octanol–water partition coefficient (Wildman–Crippen LogP) is 1.49. The molecule has 0 rings (SSSR count). The van der Waals surface area contributed by atoms with Crippen molar-refractivity contribution in [2.45, 2.75) is 285 Å². The SMILES string of the molecule is CC(C)C[C@H](NC(=O)[C@H](CCCCN)NC(=O)[C@H](CC(C)C)NC(=O)[C@H](CC(C)C)NC(=O)[C@@H](CCCCN)NC(=O)[C@H](N)CCCCN)C(=O)N[C@@H](CC(C)C)C(=O)N[C@@H](CCCCN)C(=O)N[C@@H](CC(C)C)C(=O)N[C@H](CC(C)C)C(=O)N[C@H](CC(C)C)C(N)=O. The number of nitrogens with one attached hydrogen (secondary N) is 10. The molecule has 0 heterocycles. The van der Waals surface area contributed by atoms with Crippen LogP contribution in [-0.2, 0) is 52.7 Å². The normalized spacial score (nSPS) is 15.2. The molecule has 0 aromatic heterocycles. The van der Waals surface area contributed by atoms with E-state index in [1.807, 2.05) is 96.9 Å². The minimum atomic E-state index is -1.23. The molecule has 0 aromatic rings. The average molecular weight is 1320 g/mol. The van der Waals surface area contributed by atoms with Gasteiger partial charge in [0.1, 0.15) is 60.4 Å². The van der Waals surface area contributed by atoms with Crippen LogP contribution in [0.25, 0.3) is 0 Å². The summed E-state index contributed by atoms with van der Waals surface area (Å²) in [7, 11) is 0. The molecule has 0 unspecified atom stereocenters. The van der Waals surface area contributed by atoms with Gasteiger partial charge in [-0.2, -0.15) is 0 Å². The van der Waals surface area contributed by atoms with Gasteiger partial charge in [0.25, 0.3) is 0 Å². The lowest BCUT2D eigenvalue weighted by atomic mass is 9.98. The summed E-state index contributed by atoms with van der Waals surface area (Å²) in [5, 5.41) is 28.1. The van der Waals surface area contributed by atoms with Crippen molar-refractivity contribution in [1.29, 1.82) is 0 Å². The number of hydrogen-bond acceptors (Lipinski definition) is 16. The molecule has 22 N–H and O–H groups in total. The lowest BCUT2D eigenvalue weighted by Crippen LogP contribution is -2.61. The number of primary amides is 1. The minimum absolute atomic E-state index is 0.0280. The number of carbonyl (C=O) groups is 11. The minimum Gasteiger partial charge on any atom is -0.368 e. The Balaban J connectivity index is 7.03. The molecule has 11 atom stereocenters. The van der Waals surface area contributed by atoms with Crippen molar-refractivity contribution in [2.24, 2.45) is 75.8 Å². The van der Waals surface area contributed by atoms with Gasteiger partial charge < -0.3 is 87.6 Å². The lowest BCUT2D eigenvalue weighted by molar-refractivity contribution is -0.136. The highest BCUT2D eigenvalue weighted by molar-refractivity contribution is 5.99. The van der Waals surface area contributed by atoms with Crippen LogP contribution in [0.3, 0.4) is 0 Å². The van der Waals surface area contributed by atoms with Crippen LogP contribution < -0.4 is 87.6 Å². The first kappa shape index (κ1) is 87.0. The van der Waals surface area contributed by atoms with Crippen molar-refractivity contribution in [2.75, 3.05) is 26.2 Å². The van der Waals surface area contributed by atoms with Gasteiger partial charge in [-0.05, 0) is 183 Å². The Kier molecular flexibility index (Phi) is 44.7. The maximum Gasteiger partial charge on any atom is 0.243 e. The first-order valence-corrected chi connectivity index (χ1v) is 34.5. The number of unbranched alkanes of at least 4 members (excludes halogenated alkanes) is 4. The molecule has 11 amide bonds. The first-order valence-electron chi connectivity index (χ1n) is 34.5. The fraction of sp³-hybridized carbons (Fsp3) is 0.833. The number of rotatable bonds is 51. The van der Waals surface area contributed by atoms with Gasteiger partial charge in [-0.25, -0.2) is 0 Å². The van der Waals surface area contributed by atoms with Gasteiger partial charge >= 0.3 is 0 Å². The van der Waals surface area contributed by atoms with Crippen LogP contribution in [0.2, 0.25) is 0 Å². The molecule has 93 heavy (non-hydrogen) atoms. The van der Waals surface area contributed by atoms with Crippen LogP contribution in [0.4, 0.5) is 0 Å². The van der Waals surface area contributed by atoms with E-state index in [4.69, 9.17) is 34.4 Å². The van der Waals surface area contributed by atoms with Crippen LogP contribution in [0.1, 0.15) is 219 Å². The molecular weight excluding hydrogens is 1190 g/mol. The van der Waals surface area contributed by atoms with Crippen molar-refractivity contribution >= 4 is 65.0 Å². The standard InChI is InChI=1S/C66H128N16O11/c1-38(2)31-49(56(72)83)76-63(90)52(34-41(7)8)82-66(93)55(37-44(13)14)79-60(87)48(26-18-22-30-70)75-62(89)51(33-40(5)6)81-65(92)54(36-43(11)12)78-59(86)47(25-17-21-29-69)74-61(88)50(32-39(3)4)80-64(91)53(35-42(9)10)77-58(85)46(24-16-20-28-68)73-57(84)45(71)23-15-19-27-67/h38-55H,15-37,67-71H2,1-14H3,(H2,72,83)(H,73,84)(H,74,88)(H,75,89)(H,76,90)(H,77,85)(H,78,86)(H,79,87)(H,80,91)(H,81,92)(H,82,93)/t45-,46-,47+,48+,49-,50+,51+,52-,53+,54+,55+/m1/s1. The fourth-order valence-corrected chi connectivity index (χ4v) is 10.6. The molecular formula is C66H128N16O11. The van der Waals surface area contributed by atoms with Crippen LogP contribution in [-0.4, -0.2) is 158 Å². The lowest BCUT2D eigenvalue weighted by Gasteiger charge is -2.30. The third-order valence-electron chi connectivity index (χ3n) is 15.5. The van der Waals surface area contributed by atoms with E-state index in [0.29, 0.717) is 77.4 Å². The van der Waals surface area contributed by atoms with Gasteiger partial charge in [0.2, 0.25) is 65.0 Å². The molecule has 0 saturated carbocycles. The molecule has 0 aliphatic carbocycles. The zero-order valence-electron chi connectivity index (χ0n) is 59.1. The van der Waals surface area contributed by atoms with Crippen LogP contribution in [0.15, 0.2) is 0 Å². The summed E-state index contributed by atoms with van der Waals surface area (Å²) >= 11 is 0. The van der Waals surface area contributed by atoms with Gasteiger partial charge in [-0.1, -0.05) is 103 Å². The van der Waals surface area contributed by atoms with Crippen molar-refractivity contribution in [1.82, 2.24) is 53.2 Å². The first-order chi connectivity index (χ1) is 43.6. The Bertz CT molecular complexity index is 2270. The number of hydrogen-bond donors (Lipinski definition) is 16. The quantitative estimate of drug-likeness (QED) is 0.0384. The topological polar surface area (TPSA) is 464 Å². The van der Waals surface area contributed by atoms with Gasteiger partial charge in [-0.15, -0.1) is 0 Å². The fourth-order valence-electron chi connectivity index (χ4n) is 10.6. The maximum atomic E-state index is 14.6. The van der Waals surface area contributed by atoms with Crippen LogP contribution >= 0.6 is 0 Å². The molecule has 538 valence electrons. The van der Waals surface area contributed by atoms with E-state index in [2.05, 4.69) is 53.2 Å². The Morgan fingerprint density at radius 1 is 0.237 bits per heavy atom. The highest BCUT2D eigenvalue weighted by Crippen LogP contribution is 2.17. The molecule has 0 bridgehead atoms. The van der Waals surface area contributed by atoms with E-state index < -0.39 is 131 Å². The number of carbonyl (C=O) groups excluding carboxylic acids is 11. The summed E-state index contributed by atoms with van der Waals surface area (Å²) in [6.07, 6.45) is 6.18. The molecule has 0 aliphatic heterocycles. The molecule has 0 fully saturated rings. The van der Waals surface area contributed by atoms with Gasteiger partial charge in [0.15, 0.2) is 0 Å². The zero-order chi connectivity index (χ0) is 71.1. The Morgan fingerprint density at radius 3 is 0.591 bits per heavy atom. The molecule has 0 saturated heterocycles. The second-order valence-corrected chi connectivity index (χ2v) is 28.2. The van der Waals surface area contributed by atoms with Crippen molar-refractivity contribution < 1.29 is 52.7 Å². The summed E-state index contributed by atoms with van der Waals surface area (Å²) in [4.78, 5) is 154. The van der Waals surface area contributed by atoms with E-state index in [-0.39, 0.29) is 112 Å². The number of amides is 11. The molecule has 0 aromatic carbocycles. The monoisotopic (exact) mass is 1320 g/mol. The highest BCUT2D eigenvalue weighted by Gasteiger charge is 2.37. The third kappa shape index (κ3) is 38.2. The zero-order valence-corrected chi connectivity index (χ0v) is 59.1. The molecule has 0 radical (unpaired) electrons.